The number of anilines is 1. The molecule has 7 nitrogen and oxygen atoms in total. The Labute approximate surface area is 198 Å². The standard InChI is InChI=1S/C27H27N5O2/c1-4-24(33)19-10-8-18(9-11-19)23-14-25(32-16-31-23)30-15-17(2)20-6-5-7-21-22(27(34)28-3)12-13-29-26(20)21/h5-14,16-17H,4,15H2,1-3H3,(H,28,34)(H,30,31,32)/t17-/m1/s1. The first-order valence-corrected chi connectivity index (χ1v) is 11.3. The van der Waals surface area contributed by atoms with Gasteiger partial charge in [-0.05, 0) is 11.6 Å². The Kier molecular flexibility index (Phi) is 6.92. The SMILES string of the molecule is CCC(=O)c1ccc(-c2cc(NC[C@@H](C)c3cccc4c(C(=O)NC)ccnc34)ncn2)cc1. The highest BCUT2D eigenvalue weighted by atomic mass is 16.1. The summed E-state index contributed by atoms with van der Waals surface area (Å²) >= 11 is 0. The molecule has 1 amide bonds. The number of rotatable bonds is 8. The Morgan fingerprint density at radius 1 is 1.00 bits per heavy atom. The fourth-order valence-electron chi connectivity index (χ4n) is 3.94. The first kappa shape index (κ1) is 23.0. The van der Waals surface area contributed by atoms with E-state index in [1.165, 1.54) is 6.33 Å². The number of nitrogens with one attached hydrogen (secondary N) is 2. The van der Waals surface area contributed by atoms with Gasteiger partial charge in [-0.1, -0.05) is 56.3 Å². The topological polar surface area (TPSA) is 96.9 Å². The number of carbonyl (C=O) groups excluding carboxylic acids is 2. The molecule has 2 N–H and O–H groups in total. The van der Waals surface area contributed by atoms with Gasteiger partial charge in [-0.25, -0.2) is 9.97 Å². The van der Waals surface area contributed by atoms with Crippen LogP contribution in [0.1, 0.15) is 52.5 Å². The number of ketones is 1. The molecule has 0 fully saturated rings. The minimum atomic E-state index is -0.129. The second-order valence-electron chi connectivity index (χ2n) is 8.11. The Bertz CT molecular complexity index is 1330. The first-order valence-electron chi connectivity index (χ1n) is 11.3. The minimum Gasteiger partial charge on any atom is -0.369 e. The Balaban J connectivity index is 1.52. The summed E-state index contributed by atoms with van der Waals surface area (Å²) in [5.74, 6) is 0.825. The molecule has 4 aromatic rings. The van der Waals surface area contributed by atoms with Crippen molar-refractivity contribution in [3.05, 3.63) is 83.8 Å². The minimum absolute atomic E-state index is 0.119. The lowest BCUT2D eigenvalue weighted by Crippen LogP contribution is -2.18. The van der Waals surface area contributed by atoms with Crippen molar-refractivity contribution in [2.45, 2.75) is 26.2 Å². The Morgan fingerprint density at radius 2 is 1.79 bits per heavy atom. The summed E-state index contributed by atoms with van der Waals surface area (Å²) in [6, 6.07) is 17.0. The molecule has 4 rings (SSSR count). The number of hydrogen-bond acceptors (Lipinski definition) is 6. The molecule has 172 valence electrons. The number of aromatic nitrogens is 3. The number of carbonyl (C=O) groups is 2. The zero-order chi connectivity index (χ0) is 24.1. The molecule has 2 heterocycles. The molecular weight excluding hydrogens is 426 g/mol. The quantitative estimate of drug-likeness (QED) is 0.370. The first-order chi connectivity index (χ1) is 16.5. The highest BCUT2D eigenvalue weighted by Crippen LogP contribution is 2.27. The van der Waals surface area contributed by atoms with Gasteiger partial charge in [-0.2, -0.15) is 0 Å². The monoisotopic (exact) mass is 453 g/mol. The molecule has 2 aromatic heterocycles. The molecular formula is C27H27N5O2. The van der Waals surface area contributed by atoms with Crippen molar-refractivity contribution < 1.29 is 9.59 Å². The normalized spacial score (nSPS) is 11.7. The predicted molar refractivity (Wildman–Crippen MR) is 134 cm³/mol. The number of amides is 1. The third-order valence-corrected chi connectivity index (χ3v) is 5.89. The zero-order valence-corrected chi connectivity index (χ0v) is 19.5. The van der Waals surface area contributed by atoms with Crippen molar-refractivity contribution in [2.75, 3.05) is 18.9 Å². The number of fused-ring (bicyclic) bond motifs is 1. The highest BCUT2D eigenvalue weighted by molar-refractivity contribution is 6.06. The smallest absolute Gasteiger partial charge is 0.251 e. The zero-order valence-electron chi connectivity index (χ0n) is 19.5. The summed E-state index contributed by atoms with van der Waals surface area (Å²) in [5, 5.41) is 6.92. The van der Waals surface area contributed by atoms with E-state index < -0.39 is 0 Å². The molecule has 0 bridgehead atoms. The summed E-state index contributed by atoms with van der Waals surface area (Å²) in [6.45, 7) is 4.60. The Hall–Kier alpha value is -4.13. The predicted octanol–water partition coefficient (Wildman–Crippen LogP) is 4.86. The molecule has 1 atom stereocenters. The maximum atomic E-state index is 12.3. The summed E-state index contributed by atoms with van der Waals surface area (Å²) in [5.41, 5.74) is 4.90. The van der Waals surface area contributed by atoms with Gasteiger partial charge >= 0.3 is 0 Å². The molecule has 0 saturated heterocycles. The van der Waals surface area contributed by atoms with Gasteiger partial charge < -0.3 is 10.6 Å². The number of benzene rings is 2. The number of pyridine rings is 1. The summed E-state index contributed by atoms with van der Waals surface area (Å²) in [6.07, 6.45) is 3.69. The van der Waals surface area contributed by atoms with Crippen LogP contribution in [0.5, 0.6) is 0 Å². The van der Waals surface area contributed by atoms with E-state index in [4.69, 9.17) is 0 Å². The molecule has 0 radical (unpaired) electrons. The largest absolute Gasteiger partial charge is 0.369 e. The van der Waals surface area contributed by atoms with Crippen LogP contribution in [0.2, 0.25) is 0 Å². The lowest BCUT2D eigenvalue weighted by molar-refractivity contribution is 0.0962. The van der Waals surface area contributed by atoms with Crippen LogP contribution < -0.4 is 10.6 Å². The van der Waals surface area contributed by atoms with Crippen molar-refractivity contribution in [2.24, 2.45) is 0 Å². The number of para-hydroxylation sites is 1. The van der Waals surface area contributed by atoms with Gasteiger partial charge in [0.1, 0.15) is 12.1 Å². The van der Waals surface area contributed by atoms with Crippen LogP contribution in [-0.4, -0.2) is 40.2 Å². The van der Waals surface area contributed by atoms with Crippen LogP contribution in [0.3, 0.4) is 0 Å². The van der Waals surface area contributed by atoms with Gasteiger partial charge in [0.2, 0.25) is 0 Å². The van der Waals surface area contributed by atoms with Crippen LogP contribution in [0.4, 0.5) is 5.82 Å². The van der Waals surface area contributed by atoms with Crippen LogP contribution in [0.15, 0.2) is 67.1 Å². The van der Waals surface area contributed by atoms with Crippen molar-refractivity contribution in [3.63, 3.8) is 0 Å². The molecule has 0 aliphatic heterocycles. The van der Waals surface area contributed by atoms with E-state index in [0.717, 1.165) is 27.7 Å². The van der Waals surface area contributed by atoms with Gasteiger partial charge in [0, 0.05) is 54.7 Å². The van der Waals surface area contributed by atoms with Crippen molar-refractivity contribution in [3.8, 4) is 11.3 Å². The van der Waals surface area contributed by atoms with E-state index >= 15 is 0 Å². The summed E-state index contributed by atoms with van der Waals surface area (Å²) < 4.78 is 0. The highest BCUT2D eigenvalue weighted by Gasteiger charge is 2.15. The molecule has 0 spiro atoms. The third-order valence-electron chi connectivity index (χ3n) is 5.89. The van der Waals surface area contributed by atoms with Crippen LogP contribution in [-0.2, 0) is 0 Å². The summed E-state index contributed by atoms with van der Waals surface area (Å²) in [7, 11) is 1.63. The fourth-order valence-corrected chi connectivity index (χ4v) is 3.94. The van der Waals surface area contributed by atoms with Crippen molar-refractivity contribution >= 4 is 28.4 Å². The van der Waals surface area contributed by atoms with E-state index in [2.05, 4.69) is 32.5 Å². The molecule has 0 aliphatic rings. The van der Waals surface area contributed by atoms with Gasteiger partial charge in [0.25, 0.3) is 5.91 Å². The molecule has 2 aromatic carbocycles. The summed E-state index contributed by atoms with van der Waals surface area (Å²) in [4.78, 5) is 37.4. The lowest BCUT2D eigenvalue weighted by Gasteiger charge is -2.16. The van der Waals surface area contributed by atoms with Crippen LogP contribution >= 0.6 is 0 Å². The maximum absolute atomic E-state index is 12.3. The van der Waals surface area contributed by atoms with Crippen molar-refractivity contribution in [1.29, 1.82) is 0 Å². The molecule has 7 heteroatoms. The Morgan fingerprint density at radius 3 is 2.53 bits per heavy atom. The van der Waals surface area contributed by atoms with E-state index in [1.807, 2.05) is 55.5 Å². The van der Waals surface area contributed by atoms with Crippen LogP contribution in [0.25, 0.3) is 22.2 Å². The molecule has 34 heavy (non-hydrogen) atoms. The van der Waals surface area contributed by atoms with Crippen molar-refractivity contribution in [1.82, 2.24) is 20.3 Å². The van der Waals surface area contributed by atoms with E-state index in [-0.39, 0.29) is 17.6 Å². The molecule has 0 aliphatic carbocycles. The number of Topliss-reactive ketones (excluding diaryl/α,β-unsaturated/α-hetero) is 1. The van der Waals surface area contributed by atoms with E-state index in [0.29, 0.717) is 29.9 Å². The molecule has 0 unspecified atom stereocenters. The van der Waals surface area contributed by atoms with Crippen LogP contribution in [0, 0.1) is 0 Å². The average molecular weight is 454 g/mol. The van der Waals surface area contributed by atoms with E-state index in [1.54, 1.807) is 19.3 Å². The average Bonchev–Trinajstić information content (AvgIpc) is 2.90. The number of nitrogens with zero attached hydrogens (tertiary/aromatic N) is 3. The fraction of sp³-hybridized carbons (Fsp3) is 0.222. The third kappa shape index (κ3) is 4.78. The van der Waals surface area contributed by atoms with Gasteiger partial charge in [0.05, 0.1) is 16.8 Å². The number of hydrogen-bond donors (Lipinski definition) is 2. The lowest BCUT2D eigenvalue weighted by atomic mass is 9.96. The van der Waals surface area contributed by atoms with E-state index in [9.17, 15) is 9.59 Å². The van der Waals surface area contributed by atoms with Gasteiger partial charge in [-0.15, -0.1) is 0 Å². The maximum Gasteiger partial charge on any atom is 0.251 e. The second-order valence-corrected chi connectivity index (χ2v) is 8.11. The van der Waals surface area contributed by atoms with Gasteiger partial charge in [-0.3, -0.25) is 14.6 Å². The van der Waals surface area contributed by atoms with Gasteiger partial charge in [0.15, 0.2) is 5.78 Å². The molecule has 0 saturated carbocycles. The second kappa shape index (κ2) is 10.2.